The molecule has 0 saturated carbocycles. The van der Waals surface area contributed by atoms with Gasteiger partial charge in [-0.2, -0.15) is 0 Å². The molecule has 1 N–H and O–H groups in total. The number of carbonyl (C=O) groups excluding carboxylic acids is 1. The van der Waals surface area contributed by atoms with E-state index in [1.807, 2.05) is 51.2 Å². The fourth-order valence-corrected chi connectivity index (χ4v) is 6.49. The molecule has 178 valence electrons. The van der Waals surface area contributed by atoms with Gasteiger partial charge in [-0.15, -0.1) is 0 Å². The normalized spacial score (nSPS) is 26.4. The maximum atomic E-state index is 13.9. The molecule has 0 radical (unpaired) electrons. The van der Waals surface area contributed by atoms with E-state index >= 15 is 0 Å². The second kappa shape index (κ2) is 7.08. The van der Waals surface area contributed by atoms with E-state index in [4.69, 9.17) is 4.74 Å². The highest BCUT2D eigenvalue weighted by Crippen LogP contribution is 2.66. The number of fused-ring (bicyclic) bond motifs is 5. The van der Waals surface area contributed by atoms with Crippen molar-refractivity contribution in [3.05, 3.63) is 75.0 Å². The van der Waals surface area contributed by atoms with E-state index in [1.54, 1.807) is 19.2 Å². The van der Waals surface area contributed by atoms with Gasteiger partial charge in [-0.05, 0) is 54.3 Å². The third kappa shape index (κ3) is 2.73. The average molecular weight is 462 g/mol. The Morgan fingerprint density at radius 2 is 1.79 bits per heavy atom. The van der Waals surface area contributed by atoms with Gasteiger partial charge in [0.25, 0.3) is 5.69 Å². The van der Waals surface area contributed by atoms with Gasteiger partial charge in [0.1, 0.15) is 11.4 Å². The molecule has 2 atom stereocenters. The average Bonchev–Trinajstić information content (AvgIpc) is 2.79. The number of ketones is 1. The Balaban J connectivity index is 1.83. The number of nitrogens with zero attached hydrogens (tertiary/aromatic N) is 2. The van der Waals surface area contributed by atoms with E-state index in [1.165, 1.54) is 0 Å². The number of benzene rings is 2. The van der Waals surface area contributed by atoms with Crippen LogP contribution < -0.4 is 10.1 Å². The van der Waals surface area contributed by atoms with Crippen molar-refractivity contribution in [1.82, 2.24) is 4.90 Å². The highest BCUT2D eigenvalue weighted by Gasteiger charge is 2.64. The summed E-state index contributed by atoms with van der Waals surface area (Å²) in [6, 6.07) is 12.8. The molecule has 1 aliphatic carbocycles. The monoisotopic (exact) mass is 461 g/mol. The Morgan fingerprint density at radius 3 is 2.41 bits per heavy atom. The number of non-ortho nitro benzene ring substituents is 1. The molecular formula is C27H31N3O4. The first kappa shape index (κ1) is 22.4. The molecule has 34 heavy (non-hydrogen) atoms. The SMILES string of the molecule is COc1ccc2c(c1)[C@@H]1C3=C(CCC(C)(C)C3=O)N(C)[C@](c3ccc([N+](=O)[O-])cc3)(N2)C1(C)C. The number of hydrogen-bond donors (Lipinski definition) is 1. The van der Waals surface area contributed by atoms with Crippen LogP contribution in [0.4, 0.5) is 11.4 Å². The molecular weight excluding hydrogens is 430 g/mol. The number of Topliss-reactive ketones (excluding diaryl/α,β-unsaturated/α-hetero) is 1. The number of rotatable bonds is 3. The number of nitrogens with one attached hydrogen (secondary N) is 1. The molecule has 0 unspecified atom stereocenters. The summed E-state index contributed by atoms with van der Waals surface area (Å²) in [4.78, 5) is 27.1. The van der Waals surface area contributed by atoms with Gasteiger partial charge < -0.3 is 15.0 Å². The fraction of sp³-hybridized carbons (Fsp3) is 0.444. The summed E-state index contributed by atoms with van der Waals surface area (Å²) < 4.78 is 5.55. The van der Waals surface area contributed by atoms with Crippen LogP contribution in [0.25, 0.3) is 0 Å². The van der Waals surface area contributed by atoms with Crippen molar-refractivity contribution in [3.63, 3.8) is 0 Å². The number of ether oxygens (including phenoxy) is 1. The van der Waals surface area contributed by atoms with Crippen LogP contribution in [0.2, 0.25) is 0 Å². The Hall–Kier alpha value is -3.35. The molecule has 0 saturated heterocycles. The zero-order valence-electron chi connectivity index (χ0n) is 20.6. The van der Waals surface area contributed by atoms with Crippen LogP contribution in [0.3, 0.4) is 0 Å². The highest BCUT2D eigenvalue weighted by molar-refractivity contribution is 6.03. The molecule has 2 heterocycles. The van der Waals surface area contributed by atoms with Gasteiger partial charge in [-0.1, -0.05) is 27.7 Å². The number of hydrogen-bond acceptors (Lipinski definition) is 6. The van der Waals surface area contributed by atoms with Gasteiger partial charge in [0.2, 0.25) is 0 Å². The third-order valence-electron chi connectivity index (χ3n) is 8.39. The lowest BCUT2D eigenvalue weighted by Crippen LogP contribution is -2.67. The number of nitro benzene ring substituents is 1. The second-order valence-corrected chi connectivity index (χ2v) is 10.9. The van der Waals surface area contributed by atoms with Crippen LogP contribution in [0.15, 0.2) is 53.7 Å². The summed E-state index contributed by atoms with van der Waals surface area (Å²) in [6.07, 6.45) is 1.58. The van der Waals surface area contributed by atoms with Crippen molar-refractivity contribution in [2.24, 2.45) is 10.8 Å². The Kier molecular flexibility index (Phi) is 4.67. The smallest absolute Gasteiger partial charge is 0.269 e. The van der Waals surface area contributed by atoms with Crippen molar-refractivity contribution in [3.8, 4) is 5.75 Å². The van der Waals surface area contributed by atoms with Crippen molar-refractivity contribution in [1.29, 1.82) is 0 Å². The molecule has 2 aromatic carbocycles. The maximum absolute atomic E-state index is 13.9. The summed E-state index contributed by atoms with van der Waals surface area (Å²) in [7, 11) is 3.69. The highest BCUT2D eigenvalue weighted by atomic mass is 16.6. The van der Waals surface area contributed by atoms with Crippen LogP contribution in [0, 0.1) is 20.9 Å². The predicted octanol–water partition coefficient (Wildman–Crippen LogP) is 5.58. The summed E-state index contributed by atoms with van der Waals surface area (Å²) >= 11 is 0. The Labute approximate surface area is 199 Å². The molecule has 7 nitrogen and oxygen atoms in total. The minimum absolute atomic E-state index is 0.0587. The molecule has 0 aromatic heterocycles. The Bertz CT molecular complexity index is 1250. The van der Waals surface area contributed by atoms with Gasteiger partial charge in [-0.25, -0.2) is 0 Å². The van der Waals surface area contributed by atoms with Gasteiger partial charge in [0.05, 0.1) is 12.0 Å². The third-order valence-corrected chi connectivity index (χ3v) is 8.39. The van der Waals surface area contributed by atoms with E-state index in [9.17, 15) is 14.9 Å². The second-order valence-electron chi connectivity index (χ2n) is 10.9. The number of carbonyl (C=O) groups is 1. The maximum Gasteiger partial charge on any atom is 0.269 e. The molecule has 0 amide bonds. The molecule has 0 fully saturated rings. The van der Waals surface area contributed by atoms with Crippen molar-refractivity contribution < 1.29 is 14.5 Å². The summed E-state index contributed by atoms with van der Waals surface area (Å²) in [6.45, 7) is 8.45. The first-order chi connectivity index (χ1) is 16.0. The van der Waals surface area contributed by atoms with E-state index in [0.29, 0.717) is 0 Å². The van der Waals surface area contributed by atoms with Crippen molar-refractivity contribution >= 4 is 17.2 Å². The number of nitro groups is 1. The van der Waals surface area contributed by atoms with Crippen molar-refractivity contribution in [2.75, 3.05) is 19.5 Å². The molecule has 7 heteroatoms. The number of methoxy groups -OCH3 is 1. The summed E-state index contributed by atoms with van der Waals surface area (Å²) in [5.41, 5.74) is 3.32. The predicted molar refractivity (Wildman–Crippen MR) is 131 cm³/mol. The zero-order chi connectivity index (χ0) is 24.6. The zero-order valence-corrected chi connectivity index (χ0v) is 20.6. The van der Waals surface area contributed by atoms with Crippen molar-refractivity contribution in [2.45, 2.75) is 52.1 Å². The van der Waals surface area contributed by atoms with Gasteiger partial charge in [0.15, 0.2) is 5.78 Å². The van der Waals surface area contributed by atoms with E-state index < -0.39 is 16.5 Å². The molecule has 2 bridgehead atoms. The lowest BCUT2D eigenvalue weighted by Gasteiger charge is -2.65. The largest absolute Gasteiger partial charge is 0.497 e. The summed E-state index contributed by atoms with van der Waals surface area (Å²) in [5, 5.41) is 15.1. The lowest BCUT2D eigenvalue weighted by molar-refractivity contribution is -0.384. The van der Waals surface area contributed by atoms with Crippen LogP contribution in [-0.4, -0.2) is 29.8 Å². The quantitative estimate of drug-likeness (QED) is 0.474. The van der Waals surface area contributed by atoms with Crippen LogP contribution in [0.1, 0.15) is 57.6 Å². The molecule has 3 aliphatic rings. The number of allylic oxidation sites excluding steroid dienone is 2. The Morgan fingerprint density at radius 1 is 1.12 bits per heavy atom. The van der Waals surface area contributed by atoms with Crippen LogP contribution in [0.5, 0.6) is 5.75 Å². The van der Waals surface area contributed by atoms with E-state index in [2.05, 4.69) is 24.1 Å². The first-order valence-electron chi connectivity index (χ1n) is 11.7. The molecule has 5 rings (SSSR count). The van der Waals surface area contributed by atoms with E-state index in [0.717, 1.165) is 46.7 Å². The number of anilines is 1. The van der Waals surface area contributed by atoms with E-state index in [-0.39, 0.29) is 22.3 Å². The molecule has 0 spiro atoms. The molecule has 2 aliphatic heterocycles. The van der Waals surface area contributed by atoms with Gasteiger partial charge in [-0.3, -0.25) is 14.9 Å². The van der Waals surface area contributed by atoms with Gasteiger partial charge in [0, 0.05) is 52.9 Å². The standard InChI is InChI=1S/C27H31N3O4/c1-25(2)14-13-21-22(24(25)31)23-19-15-18(34-6)11-12-20(19)28-27(29(21)5,26(23,3)4)16-7-9-17(10-8-16)30(32)33/h7-12,15,23,28H,13-14H2,1-6H3/t23-,27+/m1/s1. The first-order valence-corrected chi connectivity index (χ1v) is 11.7. The lowest BCUT2D eigenvalue weighted by atomic mass is 9.53. The summed E-state index contributed by atoms with van der Waals surface area (Å²) in [5.74, 6) is 0.793. The topological polar surface area (TPSA) is 84.7 Å². The minimum atomic E-state index is -0.699. The van der Waals surface area contributed by atoms with Crippen LogP contribution >= 0.6 is 0 Å². The van der Waals surface area contributed by atoms with Gasteiger partial charge >= 0.3 is 0 Å². The minimum Gasteiger partial charge on any atom is -0.497 e. The molecule has 2 aromatic rings. The van der Waals surface area contributed by atoms with Crippen LogP contribution in [-0.2, 0) is 10.5 Å². The fourth-order valence-electron chi connectivity index (χ4n) is 6.49.